The first-order valence-electron chi connectivity index (χ1n) is 13.3. The maximum absolute atomic E-state index is 11.7. The average Bonchev–Trinajstić information content (AvgIpc) is 2.90. The summed E-state index contributed by atoms with van der Waals surface area (Å²) in [6.45, 7) is 11.4. The van der Waals surface area contributed by atoms with Gasteiger partial charge < -0.3 is 14.5 Å². The summed E-state index contributed by atoms with van der Waals surface area (Å²) in [5.41, 5.74) is 3.67. The van der Waals surface area contributed by atoms with E-state index >= 15 is 0 Å². The fourth-order valence-corrected chi connectivity index (χ4v) is 6.09. The molecule has 2 aromatic carbocycles. The van der Waals surface area contributed by atoms with Gasteiger partial charge in [-0.05, 0) is 67.0 Å². The quantitative estimate of drug-likeness (QED) is 0.373. The molecule has 0 saturated carbocycles. The fourth-order valence-electron chi connectivity index (χ4n) is 5.84. The molecule has 0 aromatic heterocycles. The van der Waals surface area contributed by atoms with Crippen LogP contribution in [0.1, 0.15) is 49.8 Å². The monoisotopic (exact) mass is 543 g/mol. The lowest BCUT2D eigenvalue weighted by Crippen LogP contribution is -2.54. The third kappa shape index (κ3) is 7.29. The van der Waals surface area contributed by atoms with Gasteiger partial charge in [-0.25, -0.2) is 0 Å². The normalized spacial score (nSPS) is 19.4. The highest BCUT2D eigenvalue weighted by Crippen LogP contribution is 2.34. The van der Waals surface area contributed by atoms with Crippen LogP contribution in [0.15, 0.2) is 60.8 Å². The minimum atomic E-state index is 0.117. The molecule has 5 nitrogen and oxygen atoms in total. The maximum Gasteiger partial charge on any atom is 0.219 e. The summed E-state index contributed by atoms with van der Waals surface area (Å²) >= 11 is 12.5. The summed E-state index contributed by atoms with van der Waals surface area (Å²) in [4.78, 5) is 18.8. The van der Waals surface area contributed by atoms with E-state index in [1.54, 1.807) is 14.0 Å². The molecule has 0 spiro atoms. The molecule has 7 heteroatoms. The molecule has 2 aliphatic heterocycles. The first-order valence-corrected chi connectivity index (χ1v) is 14.0. The van der Waals surface area contributed by atoms with Crippen LogP contribution < -0.4 is 0 Å². The number of nitrogens with zero attached hydrogens (tertiary/aromatic N) is 3. The van der Waals surface area contributed by atoms with Crippen LogP contribution in [0.25, 0.3) is 0 Å². The fraction of sp³-hybridized carbons (Fsp3) is 0.500. The minimum absolute atomic E-state index is 0.117. The average molecular weight is 545 g/mol. The number of allylic oxidation sites excluding steroid dienone is 1. The van der Waals surface area contributed by atoms with Gasteiger partial charge in [-0.15, -0.1) is 0 Å². The molecule has 1 unspecified atom stereocenters. The molecule has 2 saturated heterocycles. The van der Waals surface area contributed by atoms with Crippen LogP contribution in [-0.4, -0.2) is 73.1 Å². The molecule has 4 rings (SSSR count). The van der Waals surface area contributed by atoms with Crippen molar-refractivity contribution in [2.24, 2.45) is 5.92 Å². The van der Waals surface area contributed by atoms with Crippen LogP contribution in [0.4, 0.5) is 0 Å². The van der Waals surface area contributed by atoms with Crippen LogP contribution in [0, 0.1) is 5.92 Å². The Morgan fingerprint density at radius 2 is 1.54 bits per heavy atom. The number of methoxy groups -OCH3 is 1. The number of piperidine rings is 1. The highest BCUT2D eigenvalue weighted by molar-refractivity contribution is 6.30. The minimum Gasteiger partial charge on any atom is -0.385 e. The van der Waals surface area contributed by atoms with E-state index in [4.69, 9.17) is 27.9 Å². The summed E-state index contributed by atoms with van der Waals surface area (Å²) in [5.74, 6) is 0.768. The van der Waals surface area contributed by atoms with Gasteiger partial charge in [-0.1, -0.05) is 54.0 Å². The molecule has 1 atom stereocenters. The number of benzene rings is 2. The number of carbonyl (C=O) groups is 1. The van der Waals surface area contributed by atoms with Gasteiger partial charge in [-0.3, -0.25) is 9.69 Å². The number of halogens is 2. The van der Waals surface area contributed by atoms with E-state index in [0.717, 1.165) is 68.5 Å². The zero-order chi connectivity index (χ0) is 26.4. The predicted octanol–water partition coefficient (Wildman–Crippen LogP) is 6.27. The van der Waals surface area contributed by atoms with Crippen molar-refractivity contribution in [1.82, 2.24) is 14.7 Å². The largest absolute Gasteiger partial charge is 0.385 e. The zero-order valence-electron chi connectivity index (χ0n) is 22.0. The molecule has 2 aromatic rings. The lowest BCUT2D eigenvalue weighted by Gasteiger charge is -2.47. The highest BCUT2D eigenvalue weighted by Gasteiger charge is 2.33. The number of piperazine rings is 1. The number of likely N-dealkylation sites (tertiary alicyclic amines) is 1. The number of rotatable bonds is 9. The molecular formula is C30H39Cl2N3O2. The van der Waals surface area contributed by atoms with Crippen molar-refractivity contribution < 1.29 is 9.53 Å². The van der Waals surface area contributed by atoms with Gasteiger partial charge >= 0.3 is 0 Å². The second-order valence-electron chi connectivity index (χ2n) is 10.3. The van der Waals surface area contributed by atoms with Crippen molar-refractivity contribution in [2.75, 3.05) is 46.4 Å². The summed E-state index contributed by atoms with van der Waals surface area (Å²) < 4.78 is 5.51. The Kier molecular flexibility index (Phi) is 9.94. The molecule has 37 heavy (non-hydrogen) atoms. The Balaban J connectivity index is 1.49. The topological polar surface area (TPSA) is 36.0 Å². The first kappa shape index (κ1) is 28.0. The summed E-state index contributed by atoms with van der Waals surface area (Å²) in [6.07, 6.45) is 4.04. The third-order valence-corrected chi connectivity index (χ3v) is 8.40. The van der Waals surface area contributed by atoms with Gasteiger partial charge in [0.15, 0.2) is 0 Å². The summed E-state index contributed by atoms with van der Waals surface area (Å²) in [7, 11) is 1.77. The van der Waals surface area contributed by atoms with E-state index < -0.39 is 0 Å². The van der Waals surface area contributed by atoms with Crippen molar-refractivity contribution in [2.45, 2.75) is 44.7 Å². The van der Waals surface area contributed by atoms with Gasteiger partial charge in [0.1, 0.15) is 0 Å². The van der Waals surface area contributed by atoms with Gasteiger partial charge in [0.2, 0.25) is 5.91 Å². The zero-order valence-corrected chi connectivity index (χ0v) is 23.6. The second kappa shape index (κ2) is 13.1. The Hall–Kier alpha value is -2.05. The Morgan fingerprint density at radius 1 is 0.973 bits per heavy atom. The van der Waals surface area contributed by atoms with Crippen molar-refractivity contribution in [1.29, 1.82) is 0 Å². The second-order valence-corrected chi connectivity index (χ2v) is 11.2. The number of carbonyl (C=O) groups excluding carboxylic acids is 1. The van der Waals surface area contributed by atoms with Crippen molar-refractivity contribution in [3.05, 3.63) is 82.0 Å². The number of amides is 1. The van der Waals surface area contributed by atoms with Crippen LogP contribution in [-0.2, 0) is 9.53 Å². The first-order chi connectivity index (χ1) is 17.9. The van der Waals surface area contributed by atoms with E-state index in [1.165, 1.54) is 16.8 Å². The molecule has 0 bridgehead atoms. The Labute approximate surface area is 232 Å². The van der Waals surface area contributed by atoms with Crippen molar-refractivity contribution in [3.63, 3.8) is 0 Å². The van der Waals surface area contributed by atoms with E-state index in [0.29, 0.717) is 18.6 Å². The molecule has 2 aliphatic rings. The molecular weight excluding hydrogens is 505 g/mol. The third-order valence-electron chi connectivity index (χ3n) is 7.90. The standard InChI is InChI=1S/C30H39Cl2N3O2/c1-22(20-24-12-15-33(16-13-24)23(2)36)35-18-17-34(21-29(35)14-19-37-3)30(25-4-8-27(31)9-5-25)26-6-10-28(32)11-7-26/h4-11,24,29-30H,1,12-21H2,2-3H3. The SMILES string of the molecule is C=C(CC1CCN(C(C)=O)CC1)N1CCN(C(c2ccc(Cl)cc2)c2ccc(Cl)cc2)CC1CCOC. The lowest BCUT2D eigenvalue weighted by atomic mass is 9.90. The molecule has 0 aliphatic carbocycles. The highest BCUT2D eigenvalue weighted by atomic mass is 35.5. The van der Waals surface area contributed by atoms with E-state index in [2.05, 4.69) is 40.6 Å². The molecule has 2 heterocycles. The molecule has 200 valence electrons. The smallest absolute Gasteiger partial charge is 0.219 e. The van der Waals surface area contributed by atoms with Crippen molar-refractivity contribution in [3.8, 4) is 0 Å². The van der Waals surface area contributed by atoms with Crippen LogP contribution >= 0.6 is 23.2 Å². The van der Waals surface area contributed by atoms with Gasteiger partial charge in [0.25, 0.3) is 0 Å². The van der Waals surface area contributed by atoms with Crippen LogP contribution in [0.2, 0.25) is 10.0 Å². The summed E-state index contributed by atoms with van der Waals surface area (Å²) in [6, 6.07) is 16.8. The Bertz CT molecular complexity index is 990. The van der Waals surface area contributed by atoms with Gasteiger partial charge in [-0.2, -0.15) is 0 Å². The lowest BCUT2D eigenvalue weighted by molar-refractivity contribution is -0.130. The van der Waals surface area contributed by atoms with Crippen molar-refractivity contribution >= 4 is 29.1 Å². The summed E-state index contributed by atoms with van der Waals surface area (Å²) in [5, 5.41) is 1.48. The molecule has 2 fully saturated rings. The number of hydrogen-bond donors (Lipinski definition) is 0. The Morgan fingerprint density at radius 3 is 2.05 bits per heavy atom. The van der Waals surface area contributed by atoms with Crippen LogP contribution in [0.5, 0.6) is 0 Å². The van der Waals surface area contributed by atoms with Gasteiger partial charge in [0, 0.05) is 75.1 Å². The van der Waals surface area contributed by atoms with Gasteiger partial charge in [0.05, 0.1) is 6.04 Å². The molecule has 0 N–H and O–H groups in total. The van der Waals surface area contributed by atoms with E-state index in [1.807, 2.05) is 29.2 Å². The molecule has 1 amide bonds. The number of hydrogen-bond acceptors (Lipinski definition) is 4. The number of ether oxygens (including phenoxy) is 1. The van der Waals surface area contributed by atoms with E-state index in [-0.39, 0.29) is 11.9 Å². The maximum atomic E-state index is 11.7. The predicted molar refractivity (Wildman–Crippen MR) is 152 cm³/mol. The van der Waals surface area contributed by atoms with Crippen LogP contribution in [0.3, 0.4) is 0 Å². The van der Waals surface area contributed by atoms with E-state index in [9.17, 15) is 4.79 Å². The molecule has 0 radical (unpaired) electrons.